The predicted octanol–water partition coefficient (Wildman–Crippen LogP) is 2.41. The van der Waals surface area contributed by atoms with Gasteiger partial charge < -0.3 is 10.1 Å². The highest BCUT2D eigenvalue weighted by Crippen LogP contribution is 2.18. The topological polar surface area (TPSA) is 81.5 Å². The van der Waals surface area contributed by atoms with Crippen LogP contribution in [0, 0.1) is 21.8 Å². The lowest BCUT2D eigenvalue weighted by atomic mass is 10.0. The first kappa shape index (κ1) is 17.0. The molecule has 6 nitrogen and oxygen atoms in total. The lowest BCUT2D eigenvalue weighted by Crippen LogP contribution is -2.38. The van der Waals surface area contributed by atoms with Gasteiger partial charge in [0.05, 0.1) is 12.0 Å². The maximum Gasteiger partial charge on any atom is 0.322 e. The summed E-state index contributed by atoms with van der Waals surface area (Å²) >= 11 is 0. The minimum absolute atomic E-state index is 0.224. The number of hydrogen-bond donors (Lipinski definition) is 1. The monoisotopic (exact) mass is 298 g/mol. The second kappa shape index (κ2) is 7.68. The Bertz CT molecular complexity index is 520. The van der Waals surface area contributed by atoms with Crippen molar-refractivity contribution in [3.05, 3.63) is 39.7 Å². The molecular weight excluding hydrogens is 279 g/mol. The van der Waals surface area contributed by atoms with Crippen LogP contribution in [0.2, 0.25) is 0 Å². The normalized spacial score (nSPS) is 12.2. The van der Waals surface area contributed by atoms with Crippen molar-refractivity contribution in [1.29, 1.82) is 0 Å². The number of halogens is 1. The van der Waals surface area contributed by atoms with Crippen molar-refractivity contribution < 1.29 is 18.8 Å². The van der Waals surface area contributed by atoms with Crippen molar-refractivity contribution in [3.8, 4) is 0 Å². The number of ether oxygens (including phenoxy) is 1. The van der Waals surface area contributed by atoms with Gasteiger partial charge in [-0.05, 0) is 24.0 Å². The van der Waals surface area contributed by atoms with Crippen LogP contribution in [0.25, 0.3) is 0 Å². The number of nitrogens with one attached hydrogen (secondary N) is 1. The van der Waals surface area contributed by atoms with E-state index in [1.807, 2.05) is 13.8 Å². The van der Waals surface area contributed by atoms with Gasteiger partial charge in [-0.15, -0.1) is 0 Å². The summed E-state index contributed by atoms with van der Waals surface area (Å²) in [7, 11) is 1.31. The van der Waals surface area contributed by atoms with E-state index in [1.54, 1.807) is 0 Å². The van der Waals surface area contributed by atoms with Crippen LogP contribution in [-0.4, -0.2) is 24.0 Å². The van der Waals surface area contributed by atoms with Crippen molar-refractivity contribution in [1.82, 2.24) is 5.32 Å². The number of nitro groups is 1. The number of carbonyl (C=O) groups is 1. The zero-order valence-electron chi connectivity index (χ0n) is 12.3. The van der Waals surface area contributed by atoms with Gasteiger partial charge in [0, 0.05) is 12.6 Å². The third-order valence-corrected chi connectivity index (χ3v) is 2.95. The van der Waals surface area contributed by atoms with E-state index in [9.17, 15) is 19.3 Å². The molecule has 0 heterocycles. The average Bonchev–Trinajstić information content (AvgIpc) is 2.41. The van der Waals surface area contributed by atoms with Gasteiger partial charge in [0.25, 0.3) is 0 Å². The first-order chi connectivity index (χ1) is 9.85. The predicted molar refractivity (Wildman–Crippen MR) is 75.2 cm³/mol. The fourth-order valence-corrected chi connectivity index (χ4v) is 1.93. The SMILES string of the molecule is COC(=O)C(CC(C)C)NCc1ccc([N+](=O)[O-])c(F)c1. The molecule has 0 aliphatic carbocycles. The summed E-state index contributed by atoms with van der Waals surface area (Å²) in [5.41, 5.74) is -0.0405. The van der Waals surface area contributed by atoms with Crippen LogP contribution in [0.4, 0.5) is 10.1 Å². The Labute approximate surface area is 122 Å². The molecule has 1 aromatic rings. The van der Waals surface area contributed by atoms with Gasteiger partial charge in [-0.2, -0.15) is 4.39 Å². The molecule has 21 heavy (non-hydrogen) atoms. The average molecular weight is 298 g/mol. The molecule has 116 valence electrons. The molecule has 0 saturated carbocycles. The molecule has 0 amide bonds. The Morgan fingerprint density at radius 1 is 1.48 bits per heavy atom. The van der Waals surface area contributed by atoms with Gasteiger partial charge >= 0.3 is 11.7 Å². The van der Waals surface area contributed by atoms with Crippen LogP contribution in [0.15, 0.2) is 18.2 Å². The van der Waals surface area contributed by atoms with Gasteiger partial charge in [0.2, 0.25) is 5.82 Å². The number of esters is 1. The Morgan fingerprint density at radius 3 is 2.62 bits per heavy atom. The number of hydrogen-bond acceptors (Lipinski definition) is 5. The van der Waals surface area contributed by atoms with Crippen LogP contribution in [-0.2, 0) is 16.1 Å². The minimum Gasteiger partial charge on any atom is -0.468 e. The standard InChI is InChI=1S/C14H19FN2O4/c1-9(2)6-12(14(18)21-3)16-8-10-4-5-13(17(19)20)11(15)7-10/h4-5,7,9,12,16H,6,8H2,1-3H3. The Morgan fingerprint density at radius 2 is 2.14 bits per heavy atom. The minimum atomic E-state index is -0.891. The molecule has 1 aromatic carbocycles. The van der Waals surface area contributed by atoms with Crippen molar-refractivity contribution in [2.24, 2.45) is 5.92 Å². The fourth-order valence-electron chi connectivity index (χ4n) is 1.93. The van der Waals surface area contributed by atoms with Gasteiger partial charge in [-0.25, -0.2) is 0 Å². The summed E-state index contributed by atoms with van der Waals surface area (Å²) in [6.45, 7) is 4.17. The van der Waals surface area contributed by atoms with Crippen LogP contribution in [0.3, 0.4) is 0 Å². The lowest BCUT2D eigenvalue weighted by molar-refractivity contribution is -0.387. The largest absolute Gasteiger partial charge is 0.468 e. The summed E-state index contributed by atoms with van der Waals surface area (Å²) < 4.78 is 18.2. The molecule has 7 heteroatoms. The molecule has 0 aliphatic rings. The molecule has 1 rings (SSSR count). The maximum absolute atomic E-state index is 13.5. The summed E-state index contributed by atoms with van der Waals surface area (Å²) in [4.78, 5) is 21.4. The van der Waals surface area contributed by atoms with E-state index in [4.69, 9.17) is 4.74 Å². The van der Waals surface area contributed by atoms with E-state index in [-0.39, 0.29) is 18.4 Å². The second-order valence-electron chi connectivity index (χ2n) is 5.13. The second-order valence-corrected chi connectivity index (χ2v) is 5.13. The smallest absolute Gasteiger partial charge is 0.322 e. The number of carbonyl (C=O) groups excluding carboxylic acids is 1. The number of benzene rings is 1. The maximum atomic E-state index is 13.5. The Balaban J connectivity index is 2.73. The third kappa shape index (κ3) is 5.11. The molecule has 0 radical (unpaired) electrons. The van der Waals surface area contributed by atoms with E-state index >= 15 is 0 Å². The van der Waals surface area contributed by atoms with Crippen molar-refractivity contribution in [3.63, 3.8) is 0 Å². The van der Waals surface area contributed by atoms with E-state index in [1.165, 1.54) is 13.2 Å². The van der Waals surface area contributed by atoms with Gasteiger partial charge in [-0.1, -0.05) is 19.9 Å². The molecule has 0 saturated heterocycles. The molecule has 1 atom stereocenters. The summed E-state index contributed by atoms with van der Waals surface area (Å²) in [6, 6.07) is 3.17. The van der Waals surface area contributed by atoms with Crippen molar-refractivity contribution >= 4 is 11.7 Å². The molecule has 0 aliphatic heterocycles. The third-order valence-electron chi connectivity index (χ3n) is 2.95. The van der Waals surface area contributed by atoms with E-state index in [2.05, 4.69) is 5.32 Å². The highest BCUT2D eigenvalue weighted by Gasteiger charge is 2.20. The summed E-state index contributed by atoms with van der Waals surface area (Å²) in [6.07, 6.45) is 0.585. The summed E-state index contributed by atoms with van der Waals surface area (Å²) in [5.74, 6) is -0.987. The highest BCUT2D eigenvalue weighted by atomic mass is 19.1. The fraction of sp³-hybridized carbons (Fsp3) is 0.500. The van der Waals surface area contributed by atoms with Crippen molar-refractivity contribution in [2.45, 2.75) is 32.9 Å². The molecule has 1 unspecified atom stereocenters. The molecule has 0 fully saturated rings. The quantitative estimate of drug-likeness (QED) is 0.475. The van der Waals surface area contributed by atoms with Crippen molar-refractivity contribution in [2.75, 3.05) is 7.11 Å². The van der Waals surface area contributed by atoms with Crippen LogP contribution >= 0.6 is 0 Å². The molecule has 0 aromatic heterocycles. The first-order valence-electron chi connectivity index (χ1n) is 6.59. The van der Waals surface area contributed by atoms with Crippen LogP contribution in [0.1, 0.15) is 25.8 Å². The Hall–Kier alpha value is -2.02. The number of methoxy groups -OCH3 is 1. The van der Waals surface area contributed by atoms with E-state index in [0.717, 1.165) is 12.1 Å². The van der Waals surface area contributed by atoms with Gasteiger partial charge in [0.15, 0.2) is 0 Å². The molecule has 0 spiro atoms. The molecular formula is C14H19FN2O4. The zero-order chi connectivity index (χ0) is 16.0. The Kier molecular flexibility index (Phi) is 6.23. The van der Waals surface area contributed by atoms with E-state index in [0.29, 0.717) is 12.0 Å². The van der Waals surface area contributed by atoms with Gasteiger partial charge in [0.1, 0.15) is 6.04 Å². The zero-order valence-corrected chi connectivity index (χ0v) is 12.3. The number of rotatable bonds is 7. The van der Waals surface area contributed by atoms with Crippen LogP contribution < -0.4 is 5.32 Å². The van der Waals surface area contributed by atoms with E-state index < -0.39 is 22.5 Å². The summed E-state index contributed by atoms with van der Waals surface area (Å²) in [5, 5.41) is 13.5. The lowest BCUT2D eigenvalue weighted by Gasteiger charge is -2.18. The van der Waals surface area contributed by atoms with Crippen LogP contribution in [0.5, 0.6) is 0 Å². The number of nitro benzene ring substituents is 1. The molecule has 1 N–H and O–H groups in total. The first-order valence-corrected chi connectivity index (χ1v) is 6.59. The molecule has 0 bridgehead atoms. The number of nitrogens with zero attached hydrogens (tertiary/aromatic N) is 1. The highest BCUT2D eigenvalue weighted by molar-refractivity contribution is 5.75. The van der Waals surface area contributed by atoms with Gasteiger partial charge in [-0.3, -0.25) is 14.9 Å².